The zero-order valence-corrected chi connectivity index (χ0v) is 19.8. The van der Waals surface area contributed by atoms with Gasteiger partial charge < -0.3 is 18.5 Å². The quantitative estimate of drug-likeness (QED) is 0.417. The molecule has 5 rings (SSSR count). The van der Waals surface area contributed by atoms with Gasteiger partial charge in [-0.15, -0.1) is 10.2 Å². The Morgan fingerprint density at radius 3 is 2.86 bits per heavy atom. The van der Waals surface area contributed by atoms with Crippen LogP contribution in [-0.4, -0.2) is 43.0 Å². The minimum atomic E-state index is -0.193. The van der Waals surface area contributed by atoms with Crippen molar-refractivity contribution in [2.24, 2.45) is 0 Å². The molecule has 10 nitrogen and oxygen atoms in total. The highest BCUT2D eigenvalue weighted by molar-refractivity contribution is 5.91. The number of H-pyrrole nitrogens is 1. The molecule has 0 bridgehead atoms. The second-order valence-electron chi connectivity index (χ2n) is 9.39. The number of nitrogens with one attached hydrogen (secondary N) is 1. The zero-order valence-electron chi connectivity index (χ0n) is 19.8. The van der Waals surface area contributed by atoms with E-state index in [-0.39, 0.29) is 17.9 Å². The summed E-state index contributed by atoms with van der Waals surface area (Å²) in [6, 6.07) is 7.55. The molecule has 0 atom stereocenters. The molecule has 1 amide bonds. The number of fused-ring (bicyclic) bond motifs is 1. The van der Waals surface area contributed by atoms with Gasteiger partial charge in [-0.25, -0.2) is 4.98 Å². The molecule has 1 aliphatic rings. The number of nitrogens with zero attached hydrogens (tertiary/aromatic N) is 5. The number of aromatic amines is 1. The summed E-state index contributed by atoms with van der Waals surface area (Å²) < 4.78 is 17.0. The number of hydrogen-bond acceptors (Lipinski definition) is 8. The molecular formula is C25H26N6O4. The van der Waals surface area contributed by atoms with Crippen LogP contribution in [0.2, 0.25) is 0 Å². The summed E-state index contributed by atoms with van der Waals surface area (Å²) in [7, 11) is 0. The van der Waals surface area contributed by atoms with E-state index in [0.717, 1.165) is 16.7 Å². The van der Waals surface area contributed by atoms with E-state index in [4.69, 9.17) is 13.6 Å². The van der Waals surface area contributed by atoms with E-state index in [1.54, 1.807) is 35.6 Å². The van der Waals surface area contributed by atoms with Crippen LogP contribution in [0.5, 0.6) is 5.75 Å². The van der Waals surface area contributed by atoms with Gasteiger partial charge in [-0.2, -0.15) is 5.21 Å². The lowest BCUT2D eigenvalue weighted by molar-refractivity contribution is -0.126. The van der Waals surface area contributed by atoms with Crippen molar-refractivity contribution < 1.29 is 18.4 Å². The van der Waals surface area contributed by atoms with Gasteiger partial charge >= 0.3 is 0 Å². The molecule has 4 heterocycles. The Hall–Kier alpha value is -4.21. The summed E-state index contributed by atoms with van der Waals surface area (Å²) in [5.41, 5.74) is 3.35. The summed E-state index contributed by atoms with van der Waals surface area (Å²) in [5.74, 6) is 2.24. The number of benzene rings is 1. The lowest BCUT2D eigenvalue weighted by Gasteiger charge is -2.29. The standard InChI is InChI=1S/C25H26N6O4/c1-25(2,3)24-26-18(15-35-24)14-34-21-12-17-13-31(22(32)7-6-19-5-4-10-33-19)9-8-16(17)11-20(21)23-27-29-30-28-23/h4-7,10-12,15H,8-9,13-14H2,1-3H3,(H,27,28,29,30)/b7-6+. The number of aromatic nitrogens is 5. The number of hydrogen-bond donors (Lipinski definition) is 1. The van der Waals surface area contributed by atoms with Gasteiger partial charge in [0.1, 0.15) is 30.1 Å². The van der Waals surface area contributed by atoms with Crippen molar-refractivity contribution in [2.45, 2.75) is 45.8 Å². The van der Waals surface area contributed by atoms with Crippen molar-refractivity contribution in [1.82, 2.24) is 30.5 Å². The van der Waals surface area contributed by atoms with Crippen LogP contribution in [-0.2, 0) is 29.8 Å². The van der Waals surface area contributed by atoms with E-state index in [0.29, 0.717) is 48.4 Å². The minimum absolute atomic E-state index is 0.0749. The zero-order chi connectivity index (χ0) is 24.4. The molecule has 1 N–H and O–H groups in total. The van der Waals surface area contributed by atoms with Crippen LogP contribution in [0.3, 0.4) is 0 Å². The van der Waals surface area contributed by atoms with E-state index < -0.39 is 0 Å². The number of furan rings is 1. The predicted molar refractivity (Wildman–Crippen MR) is 126 cm³/mol. The van der Waals surface area contributed by atoms with Crippen LogP contribution in [0, 0.1) is 0 Å². The van der Waals surface area contributed by atoms with E-state index in [1.165, 1.54) is 6.08 Å². The largest absolute Gasteiger partial charge is 0.486 e. The van der Waals surface area contributed by atoms with Crippen molar-refractivity contribution in [1.29, 1.82) is 0 Å². The fourth-order valence-electron chi connectivity index (χ4n) is 3.86. The van der Waals surface area contributed by atoms with Gasteiger partial charge in [-0.1, -0.05) is 20.8 Å². The molecule has 0 spiro atoms. The maximum absolute atomic E-state index is 12.8. The average molecular weight is 475 g/mol. The first-order valence-electron chi connectivity index (χ1n) is 11.3. The molecule has 0 saturated carbocycles. The van der Waals surface area contributed by atoms with Crippen LogP contribution >= 0.6 is 0 Å². The molecule has 35 heavy (non-hydrogen) atoms. The number of ether oxygens (including phenoxy) is 1. The summed E-state index contributed by atoms with van der Waals surface area (Å²) in [6.07, 6.45) is 7.10. The monoisotopic (exact) mass is 474 g/mol. The normalized spacial score (nSPS) is 13.9. The van der Waals surface area contributed by atoms with Crippen molar-refractivity contribution >= 4 is 12.0 Å². The molecule has 10 heteroatoms. The van der Waals surface area contributed by atoms with Gasteiger partial charge in [-0.05, 0) is 53.1 Å². The molecule has 0 fully saturated rings. The fraction of sp³-hybridized carbons (Fsp3) is 0.320. The number of rotatable bonds is 6. The van der Waals surface area contributed by atoms with E-state index in [2.05, 4.69) is 25.6 Å². The Morgan fingerprint density at radius 1 is 1.26 bits per heavy atom. The Bertz CT molecular complexity index is 1330. The minimum Gasteiger partial charge on any atom is -0.486 e. The first-order valence-corrected chi connectivity index (χ1v) is 11.3. The number of amides is 1. The Labute approximate surface area is 202 Å². The average Bonchev–Trinajstić information content (AvgIpc) is 3.62. The third-order valence-corrected chi connectivity index (χ3v) is 5.71. The Kier molecular flexibility index (Phi) is 5.94. The lowest BCUT2D eigenvalue weighted by atomic mass is 9.96. The number of carbonyl (C=O) groups excluding carboxylic acids is 1. The molecule has 1 aliphatic heterocycles. The highest BCUT2D eigenvalue weighted by Gasteiger charge is 2.24. The molecule has 0 aliphatic carbocycles. The van der Waals surface area contributed by atoms with Crippen molar-refractivity contribution in [3.63, 3.8) is 0 Å². The van der Waals surface area contributed by atoms with Crippen LogP contribution < -0.4 is 4.74 Å². The third kappa shape index (κ3) is 5.01. The lowest BCUT2D eigenvalue weighted by Crippen LogP contribution is -2.34. The van der Waals surface area contributed by atoms with Crippen molar-refractivity contribution in [3.05, 3.63) is 71.3 Å². The third-order valence-electron chi connectivity index (χ3n) is 5.71. The fourth-order valence-corrected chi connectivity index (χ4v) is 3.86. The summed E-state index contributed by atoms with van der Waals surface area (Å²) in [5, 5.41) is 14.5. The Morgan fingerprint density at radius 2 is 2.14 bits per heavy atom. The summed E-state index contributed by atoms with van der Waals surface area (Å²) in [6.45, 7) is 7.42. The van der Waals surface area contributed by atoms with E-state index >= 15 is 0 Å². The number of carbonyl (C=O) groups is 1. The molecule has 3 aromatic heterocycles. The second kappa shape index (κ2) is 9.21. The second-order valence-corrected chi connectivity index (χ2v) is 9.39. The van der Waals surface area contributed by atoms with Gasteiger partial charge in [0.15, 0.2) is 5.89 Å². The van der Waals surface area contributed by atoms with Gasteiger partial charge in [0.2, 0.25) is 11.7 Å². The molecule has 0 radical (unpaired) electrons. The van der Waals surface area contributed by atoms with Gasteiger partial charge in [0.05, 0.1) is 11.8 Å². The molecule has 4 aromatic rings. The van der Waals surface area contributed by atoms with Crippen LogP contribution in [0.4, 0.5) is 0 Å². The summed E-state index contributed by atoms with van der Waals surface area (Å²) >= 11 is 0. The van der Waals surface area contributed by atoms with Crippen molar-refractivity contribution in [2.75, 3.05) is 6.54 Å². The summed E-state index contributed by atoms with van der Waals surface area (Å²) in [4.78, 5) is 19.1. The molecule has 0 unspecified atom stereocenters. The van der Waals surface area contributed by atoms with Crippen LogP contribution in [0.1, 0.15) is 49.2 Å². The SMILES string of the molecule is CC(C)(C)c1nc(COc2cc3c(cc2-c2nn[nH]n2)CCN(C(=O)/C=C/c2ccco2)C3)co1. The topological polar surface area (TPSA) is 123 Å². The molecule has 0 saturated heterocycles. The first kappa shape index (κ1) is 22.6. The van der Waals surface area contributed by atoms with E-state index in [1.807, 2.05) is 32.9 Å². The smallest absolute Gasteiger partial charge is 0.246 e. The first-order chi connectivity index (χ1) is 16.9. The molecular weight excluding hydrogens is 448 g/mol. The van der Waals surface area contributed by atoms with Gasteiger partial charge in [0.25, 0.3) is 0 Å². The van der Waals surface area contributed by atoms with Gasteiger partial charge in [0, 0.05) is 24.6 Å². The van der Waals surface area contributed by atoms with Crippen molar-refractivity contribution in [3.8, 4) is 17.1 Å². The van der Waals surface area contributed by atoms with Gasteiger partial charge in [-0.3, -0.25) is 4.79 Å². The molecule has 1 aromatic carbocycles. The number of oxazole rings is 1. The van der Waals surface area contributed by atoms with E-state index in [9.17, 15) is 4.79 Å². The highest BCUT2D eigenvalue weighted by Crippen LogP contribution is 2.34. The Balaban J connectivity index is 1.37. The van der Waals surface area contributed by atoms with Crippen LogP contribution in [0.25, 0.3) is 17.5 Å². The maximum Gasteiger partial charge on any atom is 0.246 e. The molecule has 180 valence electrons. The van der Waals surface area contributed by atoms with Crippen LogP contribution in [0.15, 0.2) is 51.7 Å². The number of tetrazole rings is 1. The predicted octanol–water partition coefficient (Wildman–Crippen LogP) is 3.92. The highest BCUT2D eigenvalue weighted by atomic mass is 16.5. The maximum atomic E-state index is 12.8.